The third-order valence-corrected chi connectivity index (χ3v) is 3.29. The van der Waals surface area contributed by atoms with Gasteiger partial charge >= 0.3 is 0 Å². The molecule has 1 aromatic heterocycles. The van der Waals surface area contributed by atoms with E-state index in [0.717, 1.165) is 17.9 Å². The summed E-state index contributed by atoms with van der Waals surface area (Å²) < 4.78 is 0. The van der Waals surface area contributed by atoms with Gasteiger partial charge in [-0.2, -0.15) is 0 Å². The number of fused-ring (bicyclic) bond motifs is 1. The first-order valence-corrected chi connectivity index (χ1v) is 6.80. The molecule has 3 heteroatoms. The van der Waals surface area contributed by atoms with E-state index in [1.54, 1.807) is 0 Å². The monoisotopic (exact) mass is 262 g/mol. The zero-order valence-corrected chi connectivity index (χ0v) is 11.9. The van der Waals surface area contributed by atoms with Crippen molar-refractivity contribution >= 4 is 28.2 Å². The average molecular weight is 263 g/mol. The van der Waals surface area contributed by atoms with Crippen LogP contribution in [0.1, 0.15) is 19.4 Å². The van der Waals surface area contributed by atoms with E-state index < -0.39 is 0 Å². The van der Waals surface area contributed by atoms with Crippen LogP contribution < -0.4 is 4.90 Å². The van der Waals surface area contributed by atoms with Gasteiger partial charge in [0, 0.05) is 31.1 Å². The van der Waals surface area contributed by atoms with Gasteiger partial charge in [0.2, 0.25) is 0 Å². The van der Waals surface area contributed by atoms with Crippen molar-refractivity contribution in [3.63, 3.8) is 0 Å². The summed E-state index contributed by atoms with van der Waals surface area (Å²) in [5.74, 6) is 2.15. The summed E-state index contributed by atoms with van der Waals surface area (Å²) in [7, 11) is 2.09. The number of pyridine rings is 1. The number of hydrogen-bond donors (Lipinski definition) is 0. The topological polar surface area (TPSA) is 16.1 Å². The van der Waals surface area contributed by atoms with Gasteiger partial charge in [0.15, 0.2) is 0 Å². The van der Waals surface area contributed by atoms with Gasteiger partial charge in [-0.25, -0.2) is 4.98 Å². The molecule has 0 saturated carbocycles. The number of hydrogen-bond acceptors (Lipinski definition) is 2. The Hall–Kier alpha value is -1.28. The van der Waals surface area contributed by atoms with Crippen LogP contribution in [0.15, 0.2) is 30.5 Å². The number of rotatable bonds is 4. The summed E-state index contributed by atoms with van der Waals surface area (Å²) >= 11 is 5.97. The number of halogens is 1. The number of alkyl halides is 1. The standard InChI is InChI=1S/C15H19ClN2/c1-11(2)10-18(3)15-14-7-5-4-6-13(14)12(8-16)9-17-15/h4-7,9,11H,8,10H2,1-3H3. The maximum absolute atomic E-state index is 5.97. The van der Waals surface area contributed by atoms with Crippen molar-refractivity contribution < 1.29 is 0 Å². The van der Waals surface area contributed by atoms with Crippen LogP contribution in [0, 0.1) is 5.92 Å². The molecule has 0 aliphatic heterocycles. The largest absolute Gasteiger partial charge is 0.359 e. The molecule has 0 atom stereocenters. The van der Waals surface area contributed by atoms with Crippen molar-refractivity contribution in [3.8, 4) is 0 Å². The molecule has 1 heterocycles. The molecule has 96 valence electrons. The molecule has 2 nitrogen and oxygen atoms in total. The molecule has 0 aliphatic rings. The van der Waals surface area contributed by atoms with E-state index in [9.17, 15) is 0 Å². The summed E-state index contributed by atoms with van der Waals surface area (Å²) in [5.41, 5.74) is 1.09. The van der Waals surface area contributed by atoms with E-state index >= 15 is 0 Å². The predicted molar refractivity (Wildman–Crippen MR) is 79.4 cm³/mol. The third kappa shape index (κ3) is 2.59. The summed E-state index contributed by atoms with van der Waals surface area (Å²) in [4.78, 5) is 6.79. The van der Waals surface area contributed by atoms with Crippen LogP contribution in [0.25, 0.3) is 10.8 Å². The zero-order valence-electron chi connectivity index (χ0n) is 11.2. The van der Waals surface area contributed by atoms with Crippen molar-refractivity contribution in [1.82, 2.24) is 4.98 Å². The van der Waals surface area contributed by atoms with Gasteiger partial charge in [-0.15, -0.1) is 11.6 Å². The summed E-state index contributed by atoms with van der Waals surface area (Å²) in [6, 6.07) is 8.32. The molecule has 0 amide bonds. The summed E-state index contributed by atoms with van der Waals surface area (Å²) in [6.45, 7) is 5.43. The minimum absolute atomic E-state index is 0.502. The second-order valence-electron chi connectivity index (χ2n) is 5.06. The minimum atomic E-state index is 0.502. The Balaban J connectivity index is 2.52. The smallest absolute Gasteiger partial charge is 0.136 e. The van der Waals surface area contributed by atoms with Crippen molar-refractivity contribution in [3.05, 3.63) is 36.0 Å². The zero-order chi connectivity index (χ0) is 13.1. The van der Waals surface area contributed by atoms with Gasteiger partial charge in [-0.3, -0.25) is 0 Å². The van der Waals surface area contributed by atoms with E-state index in [0.29, 0.717) is 11.8 Å². The van der Waals surface area contributed by atoms with E-state index in [1.807, 2.05) is 12.3 Å². The Kier molecular flexibility index (Phi) is 4.07. The summed E-state index contributed by atoms with van der Waals surface area (Å²) in [5, 5.41) is 2.38. The molecule has 18 heavy (non-hydrogen) atoms. The first-order valence-electron chi connectivity index (χ1n) is 6.27. The lowest BCUT2D eigenvalue weighted by atomic mass is 10.1. The minimum Gasteiger partial charge on any atom is -0.359 e. The van der Waals surface area contributed by atoms with Crippen LogP contribution in [0.5, 0.6) is 0 Å². The number of benzene rings is 1. The molecule has 0 aliphatic carbocycles. The van der Waals surface area contributed by atoms with Crippen LogP contribution >= 0.6 is 11.6 Å². The Morgan fingerprint density at radius 2 is 1.89 bits per heavy atom. The van der Waals surface area contributed by atoms with Gasteiger partial charge in [0.05, 0.1) is 0 Å². The Bertz CT molecular complexity index is 537. The molecule has 2 rings (SSSR count). The number of nitrogens with zero attached hydrogens (tertiary/aromatic N) is 2. The van der Waals surface area contributed by atoms with Crippen molar-refractivity contribution in [2.75, 3.05) is 18.5 Å². The molecule has 0 spiro atoms. The van der Waals surface area contributed by atoms with Crippen molar-refractivity contribution in [1.29, 1.82) is 0 Å². The van der Waals surface area contributed by atoms with Crippen LogP contribution in [-0.2, 0) is 5.88 Å². The molecule has 0 radical (unpaired) electrons. The van der Waals surface area contributed by atoms with Crippen molar-refractivity contribution in [2.24, 2.45) is 5.92 Å². The van der Waals surface area contributed by atoms with Crippen LogP contribution in [0.4, 0.5) is 5.82 Å². The molecule has 0 unspecified atom stereocenters. The maximum atomic E-state index is 5.97. The maximum Gasteiger partial charge on any atom is 0.136 e. The summed E-state index contributed by atoms with van der Waals surface area (Å²) in [6.07, 6.45) is 1.89. The number of anilines is 1. The van der Waals surface area contributed by atoms with Crippen LogP contribution in [-0.4, -0.2) is 18.6 Å². The highest BCUT2D eigenvalue weighted by molar-refractivity contribution is 6.18. The Morgan fingerprint density at radius 1 is 1.22 bits per heavy atom. The molecular weight excluding hydrogens is 244 g/mol. The molecule has 2 aromatic rings. The van der Waals surface area contributed by atoms with Crippen LogP contribution in [0.3, 0.4) is 0 Å². The normalized spacial score (nSPS) is 11.2. The molecule has 1 aromatic carbocycles. The van der Waals surface area contributed by atoms with Gasteiger partial charge in [0.1, 0.15) is 5.82 Å². The van der Waals surface area contributed by atoms with E-state index in [-0.39, 0.29) is 0 Å². The highest BCUT2D eigenvalue weighted by atomic mass is 35.5. The van der Waals surface area contributed by atoms with Crippen molar-refractivity contribution in [2.45, 2.75) is 19.7 Å². The lowest BCUT2D eigenvalue weighted by molar-refractivity contribution is 0.636. The second-order valence-corrected chi connectivity index (χ2v) is 5.33. The second kappa shape index (κ2) is 5.57. The Morgan fingerprint density at radius 3 is 2.50 bits per heavy atom. The quantitative estimate of drug-likeness (QED) is 0.773. The lowest BCUT2D eigenvalue weighted by Gasteiger charge is -2.22. The van der Waals surface area contributed by atoms with E-state index in [4.69, 9.17) is 11.6 Å². The first kappa shape index (κ1) is 13.2. The predicted octanol–water partition coefficient (Wildman–Crippen LogP) is 4.07. The van der Waals surface area contributed by atoms with Gasteiger partial charge in [0.25, 0.3) is 0 Å². The molecule has 0 N–H and O–H groups in total. The molecule has 0 fully saturated rings. The Labute approximate surface area is 114 Å². The fraction of sp³-hybridized carbons (Fsp3) is 0.400. The fourth-order valence-corrected chi connectivity index (χ4v) is 2.49. The van der Waals surface area contributed by atoms with Gasteiger partial charge in [-0.1, -0.05) is 38.1 Å². The SMILES string of the molecule is CC(C)CN(C)c1ncc(CCl)c2ccccc12. The molecular formula is C15H19ClN2. The molecule has 0 saturated heterocycles. The highest BCUT2D eigenvalue weighted by Gasteiger charge is 2.11. The third-order valence-electron chi connectivity index (χ3n) is 3.00. The van der Waals surface area contributed by atoms with Gasteiger partial charge < -0.3 is 4.90 Å². The fourth-order valence-electron chi connectivity index (χ4n) is 2.28. The highest BCUT2D eigenvalue weighted by Crippen LogP contribution is 2.27. The van der Waals surface area contributed by atoms with Gasteiger partial charge in [-0.05, 0) is 16.9 Å². The van der Waals surface area contributed by atoms with E-state index in [2.05, 4.69) is 49.0 Å². The van der Waals surface area contributed by atoms with Crippen LogP contribution in [0.2, 0.25) is 0 Å². The lowest BCUT2D eigenvalue weighted by Crippen LogP contribution is -2.23. The van der Waals surface area contributed by atoms with E-state index in [1.165, 1.54) is 10.8 Å². The first-order chi connectivity index (χ1) is 8.63. The number of aromatic nitrogens is 1. The average Bonchev–Trinajstić information content (AvgIpc) is 2.36. The molecule has 0 bridgehead atoms.